The molecule has 0 spiro atoms. The average molecular weight is 312 g/mol. The van der Waals surface area contributed by atoms with E-state index in [9.17, 15) is 14.9 Å². The van der Waals surface area contributed by atoms with Gasteiger partial charge in [0.2, 0.25) is 11.7 Å². The number of rotatable bonds is 6. The molecule has 1 saturated carbocycles. The second-order valence-electron chi connectivity index (χ2n) is 5.45. The van der Waals surface area contributed by atoms with Gasteiger partial charge in [-0.05, 0) is 36.6 Å². The summed E-state index contributed by atoms with van der Waals surface area (Å²) in [6.07, 6.45) is 3.41. The standard InChI is InChI=1S/C16H16N4O3/c21-16(12-6-7-12)19-13-4-1-3-11(9-13)10-18-15-14(20(22)23)5-2-8-17-15/h1-5,8-9,12H,6-7,10H2,(H,17,18)(H,19,21). The number of hydrogen-bond donors (Lipinski definition) is 2. The minimum absolute atomic E-state index is 0.0514. The summed E-state index contributed by atoms with van der Waals surface area (Å²) in [7, 11) is 0. The van der Waals surface area contributed by atoms with Gasteiger partial charge in [-0.15, -0.1) is 0 Å². The van der Waals surface area contributed by atoms with Crippen LogP contribution in [0, 0.1) is 16.0 Å². The Kier molecular flexibility index (Phi) is 4.18. The molecule has 7 nitrogen and oxygen atoms in total. The van der Waals surface area contributed by atoms with E-state index in [1.54, 1.807) is 0 Å². The molecule has 1 fully saturated rings. The molecule has 0 aliphatic heterocycles. The first-order valence-corrected chi connectivity index (χ1v) is 7.36. The Bertz CT molecular complexity index is 744. The SMILES string of the molecule is O=C(Nc1cccc(CNc2ncccc2[N+](=O)[O-])c1)C1CC1. The van der Waals surface area contributed by atoms with E-state index < -0.39 is 4.92 Å². The van der Waals surface area contributed by atoms with Crippen molar-refractivity contribution < 1.29 is 9.72 Å². The highest BCUT2D eigenvalue weighted by atomic mass is 16.6. The number of aromatic nitrogens is 1. The third-order valence-electron chi connectivity index (χ3n) is 3.59. The van der Waals surface area contributed by atoms with E-state index in [0.717, 1.165) is 24.1 Å². The summed E-state index contributed by atoms with van der Waals surface area (Å²) in [6.45, 7) is 0.380. The van der Waals surface area contributed by atoms with Crippen molar-refractivity contribution in [3.63, 3.8) is 0 Å². The van der Waals surface area contributed by atoms with Gasteiger partial charge in [0.05, 0.1) is 4.92 Å². The van der Waals surface area contributed by atoms with E-state index in [1.807, 2.05) is 24.3 Å². The monoisotopic (exact) mass is 312 g/mol. The van der Waals surface area contributed by atoms with Crippen molar-refractivity contribution in [3.05, 3.63) is 58.3 Å². The number of nitrogens with one attached hydrogen (secondary N) is 2. The number of carbonyl (C=O) groups is 1. The lowest BCUT2D eigenvalue weighted by atomic mass is 10.2. The third-order valence-corrected chi connectivity index (χ3v) is 3.59. The molecular weight excluding hydrogens is 296 g/mol. The van der Waals surface area contributed by atoms with Gasteiger partial charge < -0.3 is 10.6 Å². The van der Waals surface area contributed by atoms with Gasteiger partial charge in [-0.2, -0.15) is 0 Å². The summed E-state index contributed by atoms with van der Waals surface area (Å²) in [5.74, 6) is 0.424. The number of nitro groups is 1. The first kappa shape index (κ1) is 15.0. The molecule has 3 rings (SSSR count). The van der Waals surface area contributed by atoms with Crippen LogP contribution in [0.4, 0.5) is 17.2 Å². The lowest BCUT2D eigenvalue weighted by Crippen LogP contribution is -2.13. The van der Waals surface area contributed by atoms with E-state index in [1.165, 1.54) is 18.3 Å². The molecule has 1 aliphatic carbocycles. The minimum Gasteiger partial charge on any atom is -0.360 e. The molecule has 0 unspecified atom stereocenters. The van der Waals surface area contributed by atoms with Crippen LogP contribution in [0.1, 0.15) is 18.4 Å². The van der Waals surface area contributed by atoms with Crippen LogP contribution in [-0.4, -0.2) is 15.8 Å². The highest BCUT2D eigenvalue weighted by Gasteiger charge is 2.29. The Labute approximate surface area is 132 Å². The lowest BCUT2D eigenvalue weighted by molar-refractivity contribution is -0.384. The molecule has 2 aromatic rings. The Morgan fingerprint density at radius 3 is 2.87 bits per heavy atom. The van der Waals surface area contributed by atoms with Crippen LogP contribution in [-0.2, 0) is 11.3 Å². The molecule has 1 heterocycles. The van der Waals surface area contributed by atoms with E-state index in [-0.39, 0.29) is 23.3 Å². The lowest BCUT2D eigenvalue weighted by Gasteiger charge is -2.09. The Morgan fingerprint density at radius 2 is 2.13 bits per heavy atom. The smallest absolute Gasteiger partial charge is 0.311 e. The third kappa shape index (κ3) is 3.82. The highest BCUT2D eigenvalue weighted by Crippen LogP contribution is 2.30. The number of anilines is 2. The van der Waals surface area contributed by atoms with Crippen LogP contribution in [0.3, 0.4) is 0 Å². The van der Waals surface area contributed by atoms with E-state index in [4.69, 9.17) is 0 Å². The quantitative estimate of drug-likeness (QED) is 0.631. The zero-order valence-corrected chi connectivity index (χ0v) is 12.4. The van der Waals surface area contributed by atoms with Crippen LogP contribution >= 0.6 is 0 Å². The van der Waals surface area contributed by atoms with Gasteiger partial charge in [0, 0.05) is 30.4 Å². The summed E-state index contributed by atoms with van der Waals surface area (Å²) >= 11 is 0. The van der Waals surface area contributed by atoms with Gasteiger partial charge in [0.25, 0.3) is 0 Å². The first-order valence-electron chi connectivity index (χ1n) is 7.36. The second-order valence-corrected chi connectivity index (χ2v) is 5.45. The maximum absolute atomic E-state index is 11.8. The summed E-state index contributed by atoms with van der Waals surface area (Å²) in [5, 5.41) is 16.8. The van der Waals surface area contributed by atoms with Gasteiger partial charge in [0.1, 0.15) is 0 Å². The number of nitrogens with zero attached hydrogens (tertiary/aromatic N) is 2. The normalized spacial score (nSPS) is 13.4. The summed E-state index contributed by atoms with van der Waals surface area (Å²) < 4.78 is 0. The number of hydrogen-bond acceptors (Lipinski definition) is 5. The Hall–Kier alpha value is -2.96. The van der Waals surface area contributed by atoms with Crippen LogP contribution in [0.5, 0.6) is 0 Å². The van der Waals surface area contributed by atoms with Gasteiger partial charge in [-0.1, -0.05) is 12.1 Å². The topological polar surface area (TPSA) is 97.2 Å². The average Bonchev–Trinajstić information content (AvgIpc) is 3.38. The molecule has 0 atom stereocenters. The van der Waals surface area contributed by atoms with Crippen molar-refractivity contribution in [2.45, 2.75) is 19.4 Å². The van der Waals surface area contributed by atoms with Crippen molar-refractivity contribution in [1.29, 1.82) is 0 Å². The maximum Gasteiger partial charge on any atom is 0.311 e. The van der Waals surface area contributed by atoms with E-state index in [0.29, 0.717) is 6.54 Å². The molecule has 1 amide bonds. The number of amides is 1. The minimum atomic E-state index is -0.471. The van der Waals surface area contributed by atoms with Crippen LogP contribution in [0.15, 0.2) is 42.6 Å². The first-order chi connectivity index (χ1) is 11.1. The molecule has 0 radical (unpaired) electrons. The zero-order chi connectivity index (χ0) is 16.2. The van der Waals surface area contributed by atoms with Gasteiger partial charge >= 0.3 is 5.69 Å². The van der Waals surface area contributed by atoms with Crippen molar-refractivity contribution in [2.24, 2.45) is 5.92 Å². The van der Waals surface area contributed by atoms with Crippen LogP contribution in [0.2, 0.25) is 0 Å². The molecule has 2 N–H and O–H groups in total. The molecule has 7 heteroatoms. The molecule has 1 aromatic heterocycles. The summed E-state index contributed by atoms with van der Waals surface area (Å²) in [4.78, 5) is 26.3. The molecule has 1 aliphatic rings. The predicted molar refractivity (Wildman–Crippen MR) is 86.0 cm³/mol. The van der Waals surface area contributed by atoms with Gasteiger partial charge in [-0.25, -0.2) is 4.98 Å². The van der Waals surface area contributed by atoms with Crippen molar-refractivity contribution in [3.8, 4) is 0 Å². The number of pyridine rings is 1. The second kappa shape index (κ2) is 6.43. The fraction of sp³-hybridized carbons (Fsp3) is 0.250. The van der Waals surface area contributed by atoms with Crippen molar-refractivity contribution in [1.82, 2.24) is 4.98 Å². The largest absolute Gasteiger partial charge is 0.360 e. The maximum atomic E-state index is 11.8. The van der Waals surface area contributed by atoms with Gasteiger partial charge in [0.15, 0.2) is 0 Å². The fourth-order valence-corrected chi connectivity index (χ4v) is 2.22. The molecule has 118 valence electrons. The van der Waals surface area contributed by atoms with E-state index in [2.05, 4.69) is 15.6 Å². The van der Waals surface area contributed by atoms with Crippen LogP contribution < -0.4 is 10.6 Å². The predicted octanol–water partition coefficient (Wildman–Crippen LogP) is 2.95. The molecule has 0 bridgehead atoms. The molecule has 0 saturated heterocycles. The van der Waals surface area contributed by atoms with Crippen molar-refractivity contribution in [2.75, 3.05) is 10.6 Å². The van der Waals surface area contributed by atoms with E-state index >= 15 is 0 Å². The molecular formula is C16H16N4O3. The molecule has 1 aromatic carbocycles. The molecule has 23 heavy (non-hydrogen) atoms. The van der Waals surface area contributed by atoms with Crippen LogP contribution in [0.25, 0.3) is 0 Å². The van der Waals surface area contributed by atoms with Gasteiger partial charge in [-0.3, -0.25) is 14.9 Å². The highest BCUT2D eigenvalue weighted by molar-refractivity contribution is 5.94. The fourth-order valence-electron chi connectivity index (χ4n) is 2.22. The summed E-state index contributed by atoms with van der Waals surface area (Å²) in [5.41, 5.74) is 1.57. The Morgan fingerprint density at radius 1 is 1.30 bits per heavy atom. The summed E-state index contributed by atoms with van der Waals surface area (Å²) in [6, 6.07) is 10.3. The number of carbonyl (C=O) groups excluding carboxylic acids is 1. The zero-order valence-electron chi connectivity index (χ0n) is 12.4. The number of benzene rings is 1. The van der Waals surface area contributed by atoms with Crippen molar-refractivity contribution >= 4 is 23.1 Å². The Balaban J connectivity index is 1.66.